The minimum Gasteiger partial charge on any atom is -0.319 e. The molecule has 1 unspecified atom stereocenters. The van der Waals surface area contributed by atoms with E-state index in [-0.39, 0.29) is 5.02 Å². The normalized spacial score (nSPS) is 12.4. The Labute approximate surface area is 97.1 Å². The number of halogens is 2. The lowest BCUT2D eigenvalue weighted by molar-refractivity contribution is 0.626. The summed E-state index contributed by atoms with van der Waals surface area (Å²) in [6.45, 7) is 0. The molecular weight excluding hydrogens is 229 g/mol. The zero-order chi connectivity index (χ0) is 11.5. The van der Waals surface area contributed by atoms with E-state index in [9.17, 15) is 4.39 Å². The van der Waals surface area contributed by atoms with Gasteiger partial charge >= 0.3 is 0 Å². The van der Waals surface area contributed by atoms with Crippen molar-refractivity contribution in [2.24, 2.45) is 5.73 Å². The molecular formula is C11H9ClFN3. The first kappa shape index (κ1) is 11.0. The number of rotatable bonds is 2. The van der Waals surface area contributed by atoms with Crippen molar-refractivity contribution >= 4 is 11.6 Å². The second-order valence-electron chi connectivity index (χ2n) is 3.28. The third-order valence-electron chi connectivity index (χ3n) is 2.20. The minimum absolute atomic E-state index is 0.0526. The Morgan fingerprint density at radius 2 is 2.12 bits per heavy atom. The van der Waals surface area contributed by atoms with Gasteiger partial charge in [-0.3, -0.25) is 9.97 Å². The van der Waals surface area contributed by atoms with E-state index in [1.54, 1.807) is 24.7 Å². The van der Waals surface area contributed by atoms with Crippen molar-refractivity contribution in [3.05, 3.63) is 58.9 Å². The smallest absolute Gasteiger partial charge is 0.141 e. The molecule has 0 aliphatic rings. The van der Waals surface area contributed by atoms with Crippen molar-refractivity contribution in [1.82, 2.24) is 9.97 Å². The standard InChI is InChI=1S/C11H9ClFN3/c12-8-5-7(1-2-9(8)13)11(14)10-6-15-3-4-16-10/h1-6,11H,14H2. The lowest BCUT2D eigenvalue weighted by Crippen LogP contribution is -2.13. The third-order valence-corrected chi connectivity index (χ3v) is 2.49. The summed E-state index contributed by atoms with van der Waals surface area (Å²) in [5.74, 6) is -0.461. The Kier molecular flexibility index (Phi) is 3.12. The van der Waals surface area contributed by atoms with Crippen LogP contribution in [0.3, 0.4) is 0 Å². The quantitative estimate of drug-likeness (QED) is 0.872. The summed E-state index contributed by atoms with van der Waals surface area (Å²) in [4.78, 5) is 8.00. The first-order valence-electron chi connectivity index (χ1n) is 4.65. The van der Waals surface area contributed by atoms with E-state index in [1.165, 1.54) is 12.1 Å². The highest BCUT2D eigenvalue weighted by Crippen LogP contribution is 2.22. The van der Waals surface area contributed by atoms with Crippen LogP contribution in [0.25, 0.3) is 0 Å². The highest BCUT2D eigenvalue weighted by molar-refractivity contribution is 6.30. The maximum absolute atomic E-state index is 13.0. The van der Waals surface area contributed by atoms with Gasteiger partial charge in [-0.25, -0.2) is 4.39 Å². The van der Waals surface area contributed by atoms with Crippen molar-refractivity contribution in [3.8, 4) is 0 Å². The average Bonchev–Trinajstić information content (AvgIpc) is 2.33. The number of aromatic nitrogens is 2. The van der Waals surface area contributed by atoms with Crippen molar-refractivity contribution < 1.29 is 4.39 Å². The Hall–Kier alpha value is -1.52. The number of nitrogens with two attached hydrogens (primary N) is 1. The average molecular weight is 238 g/mol. The van der Waals surface area contributed by atoms with Gasteiger partial charge in [-0.05, 0) is 17.7 Å². The van der Waals surface area contributed by atoms with Gasteiger partial charge < -0.3 is 5.73 Å². The van der Waals surface area contributed by atoms with Gasteiger partial charge in [-0.2, -0.15) is 0 Å². The first-order chi connectivity index (χ1) is 7.68. The SMILES string of the molecule is NC(c1ccc(F)c(Cl)c1)c1cnccn1. The summed E-state index contributed by atoms with van der Waals surface area (Å²) in [7, 11) is 0. The summed E-state index contributed by atoms with van der Waals surface area (Å²) in [6.07, 6.45) is 4.69. The Morgan fingerprint density at radius 3 is 2.75 bits per heavy atom. The molecule has 0 spiro atoms. The molecule has 0 fully saturated rings. The molecule has 1 heterocycles. The van der Waals surface area contributed by atoms with Crippen LogP contribution in [0.1, 0.15) is 17.3 Å². The van der Waals surface area contributed by atoms with Crippen molar-refractivity contribution in [2.45, 2.75) is 6.04 Å². The molecule has 1 aromatic carbocycles. The molecule has 2 rings (SSSR count). The zero-order valence-corrected chi connectivity index (χ0v) is 9.03. The summed E-state index contributed by atoms with van der Waals surface area (Å²) >= 11 is 5.68. The number of benzene rings is 1. The number of nitrogens with zero attached hydrogens (tertiary/aromatic N) is 2. The van der Waals surface area contributed by atoms with Crippen LogP contribution in [0, 0.1) is 5.82 Å². The number of hydrogen-bond donors (Lipinski definition) is 1. The summed E-state index contributed by atoms with van der Waals surface area (Å²) in [6, 6.07) is 3.91. The van der Waals surface area contributed by atoms with E-state index in [4.69, 9.17) is 17.3 Å². The first-order valence-corrected chi connectivity index (χ1v) is 5.02. The summed E-state index contributed by atoms with van der Waals surface area (Å²) in [5, 5.41) is 0.0526. The van der Waals surface area contributed by atoms with Crippen molar-refractivity contribution in [2.75, 3.05) is 0 Å². The van der Waals surface area contributed by atoms with Crippen LogP contribution in [0.2, 0.25) is 5.02 Å². The van der Waals surface area contributed by atoms with Crippen molar-refractivity contribution in [3.63, 3.8) is 0 Å². The van der Waals surface area contributed by atoms with Gasteiger partial charge in [0, 0.05) is 12.4 Å². The highest BCUT2D eigenvalue weighted by atomic mass is 35.5. The van der Waals surface area contributed by atoms with Crippen LogP contribution in [0.4, 0.5) is 4.39 Å². The van der Waals surface area contributed by atoms with Crippen LogP contribution in [-0.2, 0) is 0 Å². The molecule has 2 aromatic rings. The van der Waals surface area contributed by atoms with E-state index in [1.807, 2.05) is 0 Å². The summed E-state index contributed by atoms with van der Waals surface area (Å²) in [5.41, 5.74) is 7.27. The highest BCUT2D eigenvalue weighted by Gasteiger charge is 2.11. The second-order valence-corrected chi connectivity index (χ2v) is 3.69. The van der Waals surface area contributed by atoms with Crippen LogP contribution >= 0.6 is 11.6 Å². The molecule has 0 radical (unpaired) electrons. The van der Waals surface area contributed by atoms with Gasteiger partial charge in [0.15, 0.2) is 0 Å². The maximum atomic E-state index is 13.0. The van der Waals surface area contributed by atoms with Crippen molar-refractivity contribution in [1.29, 1.82) is 0 Å². The Balaban J connectivity index is 2.34. The van der Waals surface area contributed by atoms with E-state index in [0.29, 0.717) is 11.3 Å². The molecule has 1 aromatic heterocycles. The summed E-state index contributed by atoms with van der Waals surface area (Å²) < 4.78 is 13.0. The fourth-order valence-corrected chi connectivity index (χ4v) is 1.54. The molecule has 82 valence electrons. The van der Waals surface area contributed by atoms with Gasteiger partial charge in [0.05, 0.1) is 23.0 Å². The Bertz CT molecular complexity index is 490. The lowest BCUT2D eigenvalue weighted by atomic mass is 10.1. The van der Waals surface area contributed by atoms with E-state index < -0.39 is 11.9 Å². The zero-order valence-electron chi connectivity index (χ0n) is 8.27. The van der Waals surface area contributed by atoms with Crippen LogP contribution in [-0.4, -0.2) is 9.97 Å². The second kappa shape index (κ2) is 4.55. The molecule has 0 saturated heterocycles. The third kappa shape index (κ3) is 2.18. The van der Waals surface area contributed by atoms with Crippen LogP contribution in [0.5, 0.6) is 0 Å². The fourth-order valence-electron chi connectivity index (χ4n) is 1.35. The molecule has 2 N–H and O–H groups in total. The van der Waals surface area contributed by atoms with Crippen LogP contribution in [0.15, 0.2) is 36.8 Å². The molecule has 3 nitrogen and oxygen atoms in total. The van der Waals surface area contributed by atoms with Crippen LogP contribution < -0.4 is 5.73 Å². The molecule has 0 saturated carbocycles. The number of hydrogen-bond acceptors (Lipinski definition) is 3. The maximum Gasteiger partial charge on any atom is 0.141 e. The minimum atomic E-state index is -0.461. The predicted molar refractivity (Wildman–Crippen MR) is 59.5 cm³/mol. The van der Waals surface area contributed by atoms with Gasteiger partial charge in [-0.1, -0.05) is 17.7 Å². The van der Waals surface area contributed by atoms with Gasteiger partial charge in [0.25, 0.3) is 0 Å². The van der Waals surface area contributed by atoms with Gasteiger partial charge in [-0.15, -0.1) is 0 Å². The fraction of sp³-hybridized carbons (Fsp3) is 0.0909. The molecule has 1 atom stereocenters. The molecule has 0 aliphatic carbocycles. The molecule has 5 heteroatoms. The molecule has 0 aliphatic heterocycles. The van der Waals surface area contributed by atoms with E-state index >= 15 is 0 Å². The largest absolute Gasteiger partial charge is 0.319 e. The Morgan fingerprint density at radius 1 is 1.31 bits per heavy atom. The molecule has 0 amide bonds. The topological polar surface area (TPSA) is 51.8 Å². The van der Waals surface area contributed by atoms with Gasteiger partial charge in [0.1, 0.15) is 5.82 Å². The lowest BCUT2D eigenvalue weighted by Gasteiger charge is -2.11. The molecule has 0 bridgehead atoms. The van der Waals surface area contributed by atoms with Gasteiger partial charge in [0.2, 0.25) is 0 Å². The van der Waals surface area contributed by atoms with E-state index in [2.05, 4.69) is 9.97 Å². The van der Waals surface area contributed by atoms with E-state index in [0.717, 1.165) is 0 Å². The monoisotopic (exact) mass is 237 g/mol. The predicted octanol–water partition coefficient (Wildman–Crippen LogP) is 2.32. The molecule has 16 heavy (non-hydrogen) atoms.